The van der Waals surface area contributed by atoms with Crippen LogP contribution in [0.4, 0.5) is 0 Å². The lowest BCUT2D eigenvalue weighted by Crippen LogP contribution is -2.50. The Balaban J connectivity index is 0.000000189. The molecule has 0 unspecified atom stereocenters. The molecule has 0 aromatic heterocycles. The molecule has 0 radical (unpaired) electrons. The fourth-order valence-corrected chi connectivity index (χ4v) is 20.0. The van der Waals surface area contributed by atoms with E-state index in [9.17, 15) is 15.0 Å². The number of aliphatic hydroxyl groups excluding tert-OH is 2. The summed E-state index contributed by atoms with van der Waals surface area (Å²) >= 11 is 0. The molecule has 0 aromatic rings. The topological polar surface area (TPSA) is 77.8 Å². The molecular formula is C72H128O4. The van der Waals surface area contributed by atoms with E-state index in [4.69, 9.17) is 5.11 Å². The first-order valence-electron chi connectivity index (χ1n) is 34.2. The van der Waals surface area contributed by atoms with E-state index in [0.29, 0.717) is 28.1 Å². The first-order chi connectivity index (χ1) is 36.3. The van der Waals surface area contributed by atoms with Crippen LogP contribution in [0.5, 0.6) is 0 Å². The van der Waals surface area contributed by atoms with Crippen molar-refractivity contribution in [1.29, 1.82) is 0 Å². The van der Waals surface area contributed by atoms with E-state index in [0.717, 1.165) is 110 Å². The summed E-state index contributed by atoms with van der Waals surface area (Å²) in [4.78, 5) is 10.3. The summed E-state index contributed by atoms with van der Waals surface area (Å²) in [7, 11) is 0. The first kappa shape index (κ1) is 64.0. The molecule has 0 amide bonds. The van der Waals surface area contributed by atoms with Crippen LogP contribution in [0.25, 0.3) is 0 Å². The number of fused-ring (bicyclic) bond motifs is 10. The molecule has 4 heteroatoms. The monoisotopic (exact) mass is 1060 g/mol. The van der Waals surface area contributed by atoms with Gasteiger partial charge < -0.3 is 15.3 Å². The Morgan fingerprint density at radius 1 is 0.474 bits per heavy atom. The van der Waals surface area contributed by atoms with E-state index in [1.54, 1.807) is 11.1 Å². The van der Waals surface area contributed by atoms with Crippen molar-refractivity contribution >= 4 is 5.97 Å². The molecule has 0 aliphatic heterocycles. The minimum Gasteiger partial charge on any atom is -0.481 e. The summed E-state index contributed by atoms with van der Waals surface area (Å²) in [5.74, 6) is 10.3. The summed E-state index contributed by atoms with van der Waals surface area (Å²) in [5, 5.41) is 28.9. The molecule has 0 saturated heterocycles. The smallest absolute Gasteiger partial charge is 0.303 e. The van der Waals surface area contributed by atoms with Crippen molar-refractivity contribution in [3.63, 3.8) is 0 Å². The highest BCUT2D eigenvalue weighted by molar-refractivity contribution is 5.66. The van der Waals surface area contributed by atoms with Crippen molar-refractivity contribution in [3.8, 4) is 0 Å². The summed E-state index contributed by atoms with van der Waals surface area (Å²) in [6, 6.07) is 0. The van der Waals surface area contributed by atoms with Crippen molar-refractivity contribution in [1.82, 2.24) is 0 Å². The number of rotatable bonds is 26. The zero-order chi connectivity index (χ0) is 55.1. The number of hydrogen-bond donors (Lipinski definition) is 3. The van der Waals surface area contributed by atoms with Crippen LogP contribution in [0.2, 0.25) is 0 Å². The maximum atomic E-state index is 10.3. The predicted molar refractivity (Wildman–Crippen MR) is 325 cm³/mol. The van der Waals surface area contributed by atoms with Crippen LogP contribution in [0.15, 0.2) is 23.3 Å². The van der Waals surface area contributed by atoms with Crippen LogP contribution >= 0.6 is 0 Å². The second-order valence-electron chi connectivity index (χ2n) is 30.5. The molecule has 6 saturated carbocycles. The average molecular weight is 1060 g/mol. The van der Waals surface area contributed by atoms with Gasteiger partial charge in [0.1, 0.15) is 0 Å². The van der Waals surface area contributed by atoms with Gasteiger partial charge in [-0.15, -0.1) is 0 Å². The number of allylic oxidation sites excluding steroid dienone is 2. The predicted octanol–water partition coefficient (Wildman–Crippen LogP) is 21.1. The normalized spacial score (nSPS) is 37.1. The Morgan fingerprint density at radius 2 is 0.842 bits per heavy atom. The van der Waals surface area contributed by atoms with Gasteiger partial charge in [-0.1, -0.05) is 228 Å². The fourth-order valence-electron chi connectivity index (χ4n) is 20.0. The Labute approximate surface area is 472 Å². The van der Waals surface area contributed by atoms with Gasteiger partial charge in [0.05, 0.1) is 12.2 Å². The Morgan fingerprint density at radius 3 is 1.20 bits per heavy atom. The van der Waals surface area contributed by atoms with Crippen molar-refractivity contribution < 1.29 is 20.1 Å². The molecular weight excluding hydrogens is 929 g/mol. The van der Waals surface area contributed by atoms with Gasteiger partial charge in [0, 0.05) is 6.42 Å². The van der Waals surface area contributed by atoms with Crippen LogP contribution in [0.1, 0.15) is 320 Å². The first-order valence-corrected chi connectivity index (χ1v) is 34.2. The number of aliphatic carboxylic acids is 1. The molecule has 440 valence electrons. The number of carboxylic acids is 1. The Bertz CT molecular complexity index is 1660. The van der Waals surface area contributed by atoms with Crippen molar-refractivity contribution in [2.24, 2.45) is 92.7 Å². The number of hydrogen-bond acceptors (Lipinski definition) is 3. The van der Waals surface area contributed by atoms with Gasteiger partial charge in [-0.2, -0.15) is 0 Å². The molecule has 6 fully saturated rings. The number of aliphatic hydroxyl groups is 2. The molecule has 8 rings (SSSR count). The van der Waals surface area contributed by atoms with E-state index >= 15 is 0 Å². The Kier molecular flexibility index (Phi) is 25.5. The average Bonchev–Trinajstić information content (AvgIpc) is 3.93. The maximum absolute atomic E-state index is 10.3. The Hall–Kier alpha value is -1.13. The highest BCUT2D eigenvalue weighted by atomic mass is 16.4. The van der Waals surface area contributed by atoms with Crippen LogP contribution in [0, 0.1) is 92.7 Å². The summed E-state index contributed by atoms with van der Waals surface area (Å²) in [5.41, 5.74) is 5.21. The minimum absolute atomic E-state index is 0.0766. The van der Waals surface area contributed by atoms with Gasteiger partial charge in [-0.25, -0.2) is 0 Å². The SMILES string of the molecule is CC(C)CCC[C@@H](C)[C@H]1CC[C@H]2[C@@H]3CC=C4C[C@@H](O)CC[C@]4(C)[C@H]3CC[C@]12C.CC(C)CCC[C@@H](C)[C@H]1CC[C@H]2[C@@H]3CC=C4C[C@@H](O)CC[C@]4(C)[C@H]3CC[C@]12C.CCCCCCCCCCCCCCCCCC(=O)O. The summed E-state index contributed by atoms with van der Waals surface area (Å²) in [6.45, 7) is 27.4. The molecule has 4 nitrogen and oxygen atoms in total. The molecule has 0 aromatic carbocycles. The van der Waals surface area contributed by atoms with Crippen LogP contribution in [-0.2, 0) is 4.79 Å². The molecule has 0 spiro atoms. The van der Waals surface area contributed by atoms with Gasteiger partial charge in [0.15, 0.2) is 0 Å². The highest BCUT2D eigenvalue weighted by Crippen LogP contribution is 2.69. The van der Waals surface area contributed by atoms with Gasteiger partial charge in [0.2, 0.25) is 0 Å². The molecule has 3 N–H and O–H groups in total. The third-order valence-corrected chi connectivity index (χ3v) is 24.6. The number of unbranched alkanes of at least 4 members (excludes halogenated alkanes) is 14. The van der Waals surface area contributed by atoms with Gasteiger partial charge >= 0.3 is 5.97 Å². The molecule has 76 heavy (non-hydrogen) atoms. The van der Waals surface area contributed by atoms with E-state index in [2.05, 4.69) is 88.3 Å². The second kappa shape index (κ2) is 30.3. The zero-order valence-electron chi connectivity index (χ0n) is 52.4. The highest BCUT2D eigenvalue weighted by Gasteiger charge is 2.61. The largest absolute Gasteiger partial charge is 0.481 e. The summed E-state index contributed by atoms with van der Waals surface area (Å²) < 4.78 is 0. The van der Waals surface area contributed by atoms with Crippen LogP contribution in [-0.4, -0.2) is 33.5 Å². The van der Waals surface area contributed by atoms with E-state index in [1.165, 1.54) is 199 Å². The molecule has 0 heterocycles. The molecule has 8 aliphatic rings. The standard InChI is InChI=1S/2C27H46O.C18H36O2/c2*1-18(2)7-6-8-19(3)23-11-12-24-22-10-9-20-17-21(28)13-15-26(20,4)25(22)14-16-27(23,24)5;1-2-3-4-5-6-7-8-9-10-11-12-13-14-15-16-17-18(19)20/h2*9,18-19,21-25,28H,6-8,10-17H2,1-5H3;2-17H2,1H3,(H,19,20)/t2*19-,21+,22+,23-,24+,25+,26+,27-;/m11./s1. The van der Waals surface area contributed by atoms with Crippen molar-refractivity contribution in [2.75, 3.05) is 0 Å². The summed E-state index contributed by atoms with van der Waals surface area (Å²) in [6.07, 6.45) is 54.5. The molecule has 16 atom stereocenters. The third-order valence-electron chi connectivity index (χ3n) is 24.6. The lowest BCUT2D eigenvalue weighted by atomic mass is 9.47. The van der Waals surface area contributed by atoms with Crippen molar-refractivity contribution in [2.45, 2.75) is 332 Å². The number of carboxylic acid groups (broad SMARTS) is 1. The molecule has 8 aliphatic carbocycles. The molecule has 0 bridgehead atoms. The van der Waals surface area contributed by atoms with E-state index in [-0.39, 0.29) is 12.2 Å². The maximum Gasteiger partial charge on any atom is 0.303 e. The third kappa shape index (κ3) is 16.3. The zero-order valence-corrected chi connectivity index (χ0v) is 52.4. The van der Waals surface area contributed by atoms with E-state index < -0.39 is 5.97 Å². The number of carbonyl (C=O) groups is 1. The quantitative estimate of drug-likeness (QED) is 0.0596. The van der Waals surface area contributed by atoms with Gasteiger partial charge in [-0.05, 0) is 202 Å². The van der Waals surface area contributed by atoms with Crippen LogP contribution < -0.4 is 0 Å². The lowest BCUT2D eigenvalue weighted by molar-refractivity contribution is -0.137. The van der Waals surface area contributed by atoms with Crippen molar-refractivity contribution in [3.05, 3.63) is 23.3 Å². The van der Waals surface area contributed by atoms with Gasteiger partial charge in [0.25, 0.3) is 0 Å². The second-order valence-corrected chi connectivity index (χ2v) is 30.5. The lowest BCUT2D eigenvalue weighted by Gasteiger charge is -2.58. The van der Waals surface area contributed by atoms with E-state index in [1.807, 2.05) is 0 Å². The van der Waals surface area contributed by atoms with Gasteiger partial charge in [-0.3, -0.25) is 4.79 Å². The van der Waals surface area contributed by atoms with Crippen LogP contribution in [0.3, 0.4) is 0 Å². The minimum atomic E-state index is -0.653. The fraction of sp³-hybridized carbons (Fsp3) is 0.931.